The summed E-state index contributed by atoms with van der Waals surface area (Å²) < 4.78 is 36.6. The number of sulfone groups is 1. The van der Waals surface area contributed by atoms with Gasteiger partial charge in [0.15, 0.2) is 0 Å². The molecule has 0 fully saturated rings. The normalized spacial score (nSPS) is 13.4. The smallest absolute Gasteiger partial charge is 0.150 e. The highest BCUT2D eigenvalue weighted by molar-refractivity contribution is 7.91. The van der Waals surface area contributed by atoms with Crippen LogP contribution >= 0.6 is 11.6 Å². The number of hydrogen-bond donors (Lipinski definition) is 2. The van der Waals surface area contributed by atoms with E-state index < -0.39 is 15.7 Å². The molecule has 1 rings (SSSR count). The highest BCUT2D eigenvalue weighted by Gasteiger charge is 2.14. The Morgan fingerprint density at radius 1 is 1.45 bits per heavy atom. The van der Waals surface area contributed by atoms with Crippen LogP contribution in [0.5, 0.6) is 0 Å². The van der Waals surface area contributed by atoms with E-state index in [9.17, 15) is 12.8 Å². The zero-order chi connectivity index (χ0) is 15.2. The van der Waals surface area contributed by atoms with Crippen molar-refractivity contribution in [3.63, 3.8) is 0 Å². The van der Waals surface area contributed by atoms with Crippen molar-refractivity contribution in [1.29, 1.82) is 0 Å². The molecule has 1 atom stereocenters. The minimum atomic E-state index is -2.97. The molecule has 20 heavy (non-hydrogen) atoms. The largest absolute Gasteiger partial charge is 0.271 e. The summed E-state index contributed by atoms with van der Waals surface area (Å²) in [5, 5.41) is 0.0758. The molecule has 3 N–H and O–H groups in total. The van der Waals surface area contributed by atoms with Gasteiger partial charge in [-0.3, -0.25) is 11.3 Å². The van der Waals surface area contributed by atoms with Crippen LogP contribution < -0.4 is 11.3 Å². The van der Waals surface area contributed by atoms with E-state index in [1.807, 2.05) is 0 Å². The summed E-state index contributed by atoms with van der Waals surface area (Å²) >= 11 is 5.72. The lowest BCUT2D eigenvalue weighted by molar-refractivity contribution is 0.474. The molecule has 0 amide bonds. The molecule has 114 valence electrons. The Kier molecular flexibility index (Phi) is 6.88. The highest BCUT2D eigenvalue weighted by Crippen LogP contribution is 2.19. The van der Waals surface area contributed by atoms with Gasteiger partial charge < -0.3 is 0 Å². The molecule has 0 spiro atoms. The van der Waals surface area contributed by atoms with Crippen LogP contribution in [0.1, 0.15) is 25.3 Å². The topological polar surface area (TPSA) is 72.2 Å². The summed E-state index contributed by atoms with van der Waals surface area (Å²) in [6, 6.07) is 4.62. The highest BCUT2D eigenvalue weighted by atomic mass is 35.5. The van der Waals surface area contributed by atoms with Crippen molar-refractivity contribution in [2.24, 2.45) is 5.84 Å². The second-order valence-corrected chi connectivity index (χ2v) is 7.54. The van der Waals surface area contributed by atoms with Crippen LogP contribution in [0, 0.1) is 5.82 Å². The maximum atomic E-state index is 13.8. The molecule has 0 aliphatic carbocycles. The fourth-order valence-corrected chi connectivity index (χ4v) is 3.00. The number of nitrogens with two attached hydrogens (primary N) is 1. The molecule has 0 heterocycles. The van der Waals surface area contributed by atoms with Crippen LogP contribution in [-0.4, -0.2) is 26.0 Å². The lowest BCUT2D eigenvalue weighted by Crippen LogP contribution is -2.37. The lowest BCUT2D eigenvalue weighted by atomic mass is 10.0. The third-order valence-electron chi connectivity index (χ3n) is 3.18. The van der Waals surface area contributed by atoms with Gasteiger partial charge in [0.2, 0.25) is 0 Å². The maximum absolute atomic E-state index is 13.8. The van der Waals surface area contributed by atoms with E-state index in [4.69, 9.17) is 17.4 Å². The molecule has 0 radical (unpaired) electrons. The number of rotatable bonds is 8. The van der Waals surface area contributed by atoms with Gasteiger partial charge in [-0.2, -0.15) is 0 Å². The predicted molar refractivity (Wildman–Crippen MR) is 79.8 cm³/mol. The summed E-state index contributed by atoms with van der Waals surface area (Å²) in [4.78, 5) is 0. The summed E-state index contributed by atoms with van der Waals surface area (Å²) in [6.45, 7) is 1.62. The average molecular weight is 323 g/mol. The Bertz CT molecular complexity index is 537. The van der Waals surface area contributed by atoms with Gasteiger partial charge in [-0.25, -0.2) is 12.8 Å². The Balaban J connectivity index is 2.57. The minimum Gasteiger partial charge on any atom is -0.271 e. The summed E-state index contributed by atoms with van der Waals surface area (Å²) in [6.07, 6.45) is 1.42. The third-order valence-corrected chi connectivity index (χ3v) is 5.26. The molecular formula is C13H20ClFN2O2S. The molecule has 1 aromatic rings. The van der Waals surface area contributed by atoms with E-state index in [1.54, 1.807) is 19.1 Å². The van der Waals surface area contributed by atoms with E-state index in [2.05, 4.69) is 5.43 Å². The van der Waals surface area contributed by atoms with Crippen molar-refractivity contribution in [2.45, 2.75) is 32.2 Å². The van der Waals surface area contributed by atoms with Crippen LogP contribution in [0.15, 0.2) is 18.2 Å². The van der Waals surface area contributed by atoms with E-state index in [0.717, 1.165) is 0 Å². The monoisotopic (exact) mass is 322 g/mol. The Morgan fingerprint density at radius 2 is 2.15 bits per heavy atom. The van der Waals surface area contributed by atoms with Crippen LogP contribution in [0.3, 0.4) is 0 Å². The lowest BCUT2D eigenvalue weighted by Gasteiger charge is -2.16. The van der Waals surface area contributed by atoms with E-state index >= 15 is 0 Å². The average Bonchev–Trinajstić information content (AvgIpc) is 2.42. The first-order chi connectivity index (χ1) is 9.39. The number of benzene rings is 1. The van der Waals surface area contributed by atoms with Crippen molar-refractivity contribution < 1.29 is 12.8 Å². The first-order valence-electron chi connectivity index (χ1n) is 6.49. The minimum absolute atomic E-state index is 0.0758. The first kappa shape index (κ1) is 17.4. The van der Waals surface area contributed by atoms with Gasteiger partial charge in [-0.15, -0.1) is 0 Å². The second kappa shape index (κ2) is 7.93. The molecular weight excluding hydrogens is 303 g/mol. The summed E-state index contributed by atoms with van der Waals surface area (Å²) in [7, 11) is -2.97. The Morgan fingerprint density at radius 3 is 2.75 bits per heavy atom. The molecule has 0 bridgehead atoms. The maximum Gasteiger partial charge on any atom is 0.150 e. The third kappa shape index (κ3) is 5.36. The van der Waals surface area contributed by atoms with Crippen molar-refractivity contribution in [1.82, 2.24) is 5.43 Å². The fraction of sp³-hybridized carbons (Fsp3) is 0.538. The fourth-order valence-electron chi connectivity index (χ4n) is 1.91. The zero-order valence-electron chi connectivity index (χ0n) is 11.4. The Hall–Kier alpha value is -0.690. The van der Waals surface area contributed by atoms with Gasteiger partial charge in [-0.05, 0) is 30.9 Å². The first-order valence-corrected chi connectivity index (χ1v) is 8.69. The van der Waals surface area contributed by atoms with Crippen LogP contribution in [0.2, 0.25) is 5.02 Å². The van der Waals surface area contributed by atoms with E-state index in [1.165, 1.54) is 6.07 Å². The number of hydrazine groups is 1. The van der Waals surface area contributed by atoms with Gasteiger partial charge in [0, 0.05) is 11.8 Å². The predicted octanol–water partition coefficient (Wildman–Crippen LogP) is 2.07. The van der Waals surface area contributed by atoms with Crippen LogP contribution in [-0.2, 0) is 16.3 Å². The second-order valence-electron chi connectivity index (χ2n) is 4.66. The SMILES string of the molecule is CCS(=O)(=O)CCCC(Cc1cccc(Cl)c1F)NN. The van der Waals surface area contributed by atoms with Crippen molar-refractivity contribution >= 4 is 21.4 Å². The number of halogens is 2. The molecule has 0 saturated carbocycles. The van der Waals surface area contributed by atoms with E-state index in [-0.39, 0.29) is 22.6 Å². The molecule has 0 saturated heterocycles. The van der Waals surface area contributed by atoms with Crippen molar-refractivity contribution in [2.75, 3.05) is 11.5 Å². The summed E-state index contributed by atoms with van der Waals surface area (Å²) in [5.41, 5.74) is 3.07. The van der Waals surface area contributed by atoms with Gasteiger partial charge in [0.05, 0.1) is 10.8 Å². The molecule has 0 aromatic heterocycles. The molecule has 7 heteroatoms. The van der Waals surface area contributed by atoms with Gasteiger partial charge in [0.25, 0.3) is 0 Å². The molecule has 1 aromatic carbocycles. The molecule has 0 aliphatic heterocycles. The van der Waals surface area contributed by atoms with Gasteiger partial charge in [-0.1, -0.05) is 30.7 Å². The van der Waals surface area contributed by atoms with Gasteiger partial charge in [0.1, 0.15) is 15.7 Å². The van der Waals surface area contributed by atoms with Gasteiger partial charge >= 0.3 is 0 Å². The molecule has 0 aliphatic rings. The number of hydrogen-bond acceptors (Lipinski definition) is 4. The molecule has 4 nitrogen and oxygen atoms in total. The quantitative estimate of drug-likeness (QED) is 0.567. The molecule has 1 unspecified atom stereocenters. The number of nitrogens with one attached hydrogen (secondary N) is 1. The zero-order valence-corrected chi connectivity index (χ0v) is 13.0. The Labute approximate surface area is 124 Å². The van der Waals surface area contributed by atoms with Crippen LogP contribution in [0.25, 0.3) is 0 Å². The van der Waals surface area contributed by atoms with Crippen LogP contribution in [0.4, 0.5) is 4.39 Å². The summed E-state index contributed by atoms with van der Waals surface area (Å²) in [5.74, 6) is 5.25. The van der Waals surface area contributed by atoms with Crippen molar-refractivity contribution in [3.8, 4) is 0 Å². The van der Waals surface area contributed by atoms with E-state index in [0.29, 0.717) is 24.8 Å². The standard InChI is InChI=1S/C13H20ClFN2O2S/c1-2-20(18,19)8-4-6-11(17-16)9-10-5-3-7-12(14)13(10)15/h3,5,7,11,17H,2,4,6,8-9,16H2,1H3. The van der Waals surface area contributed by atoms with Crippen molar-refractivity contribution in [3.05, 3.63) is 34.6 Å².